The average Bonchev–Trinajstić information content (AvgIpc) is 1.99. The number of halogens is 1. The van der Waals surface area contributed by atoms with Crippen LogP contribution in [0.4, 0.5) is 0 Å². The first kappa shape index (κ1) is 10.5. The molecule has 1 atom stereocenters. The third-order valence-corrected chi connectivity index (χ3v) is 1.21. The van der Waals surface area contributed by atoms with Gasteiger partial charge in [-0.3, -0.25) is 0 Å². The van der Waals surface area contributed by atoms with Crippen molar-refractivity contribution in [2.75, 3.05) is 13.2 Å². The van der Waals surface area contributed by atoms with E-state index in [2.05, 4.69) is 11.3 Å². The fourth-order valence-corrected chi connectivity index (χ4v) is 0.405. The van der Waals surface area contributed by atoms with Crippen LogP contribution in [0, 0.1) is 0 Å². The molecule has 0 saturated heterocycles. The molecule has 0 heterocycles. The summed E-state index contributed by atoms with van der Waals surface area (Å²) >= 11 is 5.46. The molecule has 0 aromatic heterocycles. The minimum absolute atomic E-state index is 0.0176. The number of alkyl halides is 1. The standard InChI is InChI=1S/C7H11ClO3/c1-5(2)7(10)11-4-6(8)3-9/h6,9H,1,3-4H2,2H3. The molecule has 0 spiro atoms. The molecule has 0 bridgehead atoms. The molecule has 0 amide bonds. The molecule has 0 rings (SSSR count). The van der Waals surface area contributed by atoms with Gasteiger partial charge in [-0.15, -0.1) is 11.6 Å². The Bertz CT molecular complexity index is 156. The molecule has 0 aliphatic carbocycles. The average molecular weight is 179 g/mol. The van der Waals surface area contributed by atoms with E-state index < -0.39 is 11.3 Å². The van der Waals surface area contributed by atoms with Crippen molar-refractivity contribution in [1.82, 2.24) is 0 Å². The Morgan fingerprint density at radius 2 is 2.36 bits per heavy atom. The van der Waals surface area contributed by atoms with Gasteiger partial charge < -0.3 is 9.84 Å². The van der Waals surface area contributed by atoms with Crippen LogP contribution in [0.5, 0.6) is 0 Å². The molecule has 0 saturated carbocycles. The van der Waals surface area contributed by atoms with Crippen LogP contribution in [0.25, 0.3) is 0 Å². The molecule has 0 aromatic carbocycles. The van der Waals surface area contributed by atoms with Crippen molar-refractivity contribution < 1.29 is 14.6 Å². The molecular formula is C7H11ClO3. The van der Waals surface area contributed by atoms with E-state index in [4.69, 9.17) is 16.7 Å². The summed E-state index contributed by atoms with van der Waals surface area (Å²) in [6.07, 6.45) is 0. The molecule has 1 unspecified atom stereocenters. The Hall–Kier alpha value is -0.540. The number of carbonyl (C=O) groups excluding carboxylic acids is 1. The molecule has 0 aliphatic heterocycles. The van der Waals surface area contributed by atoms with E-state index in [-0.39, 0.29) is 13.2 Å². The molecular weight excluding hydrogens is 168 g/mol. The third-order valence-electron chi connectivity index (χ3n) is 0.942. The lowest BCUT2D eigenvalue weighted by Crippen LogP contribution is -2.17. The van der Waals surface area contributed by atoms with Gasteiger partial charge in [-0.25, -0.2) is 4.79 Å². The second-order valence-corrected chi connectivity index (χ2v) is 2.78. The van der Waals surface area contributed by atoms with Gasteiger partial charge >= 0.3 is 5.97 Å². The van der Waals surface area contributed by atoms with Gasteiger partial charge in [0.05, 0.1) is 12.0 Å². The van der Waals surface area contributed by atoms with Crippen molar-refractivity contribution in [2.24, 2.45) is 0 Å². The second kappa shape index (κ2) is 5.16. The van der Waals surface area contributed by atoms with Gasteiger partial charge in [0.15, 0.2) is 0 Å². The maximum Gasteiger partial charge on any atom is 0.333 e. The molecule has 11 heavy (non-hydrogen) atoms. The summed E-state index contributed by atoms with van der Waals surface area (Å²) in [5.74, 6) is -0.482. The van der Waals surface area contributed by atoms with Gasteiger partial charge in [0, 0.05) is 5.57 Å². The number of aliphatic hydroxyl groups is 1. The largest absolute Gasteiger partial charge is 0.461 e. The highest BCUT2D eigenvalue weighted by Gasteiger charge is 2.07. The summed E-state index contributed by atoms with van der Waals surface area (Å²) in [7, 11) is 0. The SMILES string of the molecule is C=C(C)C(=O)OCC(Cl)CO. The van der Waals surface area contributed by atoms with Crippen molar-refractivity contribution in [1.29, 1.82) is 0 Å². The van der Waals surface area contributed by atoms with Crippen LogP contribution in [0.1, 0.15) is 6.92 Å². The molecule has 0 fully saturated rings. The minimum atomic E-state index is -0.529. The minimum Gasteiger partial charge on any atom is -0.461 e. The summed E-state index contributed by atoms with van der Waals surface area (Å²) in [5, 5.41) is 7.91. The zero-order valence-corrected chi connectivity index (χ0v) is 7.10. The summed E-state index contributed by atoms with van der Waals surface area (Å²) in [6, 6.07) is 0. The molecule has 3 nitrogen and oxygen atoms in total. The molecule has 0 aromatic rings. The van der Waals surface area contributed by atoms with Crippen molar-refractivity contribution >= 4 is 17.6 Å². The van der Waals surface area contributed by atoms with Crippen molar-refractivity contribution in [3.63, 3.8) is 0 Å². The van der Waals surface area contributed by atoms with E-state index in [1.807, 2.05) is 0 Å². The van der Waals surface area contributed by atoms with Crippen LogP contribution in [0.3, 0.4) is 0 Å². The molecule has 0 radical (unpaired) electrons. The number of hydrogen-bond acceptors (Lipinski definition) is 3. The highest BCUT2D eigenvalue weighted by Crippen LogP contribution is 1.98. The van der Waals surface area contributed by atoms with Gasteiger partial charge in [0.25, 0.3) is 0 Å². The van der Waals surface area contributed by atoms with E-state index in [0.29, 0.717) is 5.57 Å². The first-order chi connectivity index (χ1) is 5.07. The fraction of sp³-hybridized carbons (Fsp3) is 0.571. The van der Waals surface area contributed by atoms with Crippen LogP contribution in [-0.4, -0.2) is 29.7 Å². The van der Waals surface area contributed by atoms with Crippen molar-refractivity contribution in [3.05, 3.63) is 12.2 Å². The zero-order valence-electron chi connectivity index (χ0n) is 6.34. The Morgan fingerprint density at radius 3 is 2.73 bits per heavy atom. The quantitative estimate of drug-likeness (QED) is 0.392. The topological polar surface area (TPSA) is 46.5 Å². The Kier molecular flexibility index (Phi) is 4.90. The fourth-order valence-electron chi connectivity index (χ4n) is 0.342. The smallest absolute Gasteiger partial charge is 0.333 e. The van der Waals surface area contributed by atoms with Crippen LogP contribution in [0.15, 0.2) is 12.2 Å². The zero-order chi connectivity index (χ0) is 8.85. The third kappa shape index (κ3) is 4.81. The molecule has 64 valence electrons. The van der Waals surface area contributed by atoms with Gasteiger partial charge in [-0.2, -0.15) is 0 Å². The van der Waals surface area contributed by atoms with Crippen LogP contribution < -0.4 is 0 Å². The number of hydrogen-bond donors (Lipinski definition) is 1. The number of rotatable bonds is 4. The number of esters is 1. The van der Waals surface area contributed by atoms with Gasteiger partial charge in [0.1, 0.15) is 6.61 Å². The van der Waals surface area contributed by atoms with Gasteiger partial charge in [0.2, 0.25) is 0 Å². The van der Waals surface area contributed by atoms with E-state index >= 15 is 0 Å². The predicted octanol–water partition coefficient (Wildman–Crippen LogP) is 0.705. The maximum atomic E-state index is 10.7. The van der Waals surface area contributed by atoms with Crippen LogP contribution in [-0.2, 0) is 9.53 Å². The lowest BCUT2D eigenvalue weighted by molar-refractivity contribution is -0.139. The Morgan fingerprint density at radius 1 is 1.82 bits per heavy atom. The molecule has 4 heteroatoms. The van der Waals surface area contributed by atoms with Crippen molar-refractivity contribution in [3.8, 4) is 0 Å². The molecule has 1 N–H and O–H groups in total. The monoisotopic (exact) mass is 178 g/mol. The molecule has 0 aliphatic rings. The summed E-state index contributed by atoms with van der Waals surface area (Å²) < 4.78 is 4.63. The normalized spacial score (nSPS) is 12.3. The summed E-state index contributed by atoms with van der Waals surface area (Å²) in [4.78, 5) is 10.7. The Labute approximate surface area is 70.6 Å². The summed E-state index contributed by atoms with van der Waals surface area (Å²) in [6.45, 7) is 4.74. The first-order valence-corrected chi connectivity index (χ1v) is 3.59. The Balaban J connectivity index is 3.54. The van der Waals surface area contributed by atoms with Crippen molar-refractivity contribution in [2.45, 2.75) is 12.3 Å². The van der Waals surface area contributed by atoms with Gasteiger partial charge in [-0.05, 0) is 6.92 Å². The van der Waals surface area contributed by atoms with E-state index in [0.717, 1.165) is 0 Å². The highest BCUT2D eigenvalue weighted by molar-refractivity contribution is 6.20. The maximum absolute atomic E-state index is 10.7. The first-order valence-electron chi connectivity index (χ1n) is 3.15. The highest BCUT2D eigenvalue weighted by atomic mass is 35.5. The summed E-state index contributed by atoms with van der Waals surface area (Å²) in [5.41, 5.74) is 0.326. The van der Waals surface area contributed by atoms with E-state index in [1.165, 1.54) is 0 Å². The van der Waals surface area contributed by atoms with E-state index in [1.54, 1.807) is 6.92 Å². The van der Waals surface area contributed by atoms with Crippen LogP contribution >= 0.6 is 11.6 Å². The second-order valence-electron chi connectivity index (χ2n) is 2.16. The van der Waals surface area contributed by atoms with Crippen LogP contribution in [0.2, 0.25) is 0 Å². The number of carbonyl (C=O) groups is 1. The number of aliphatic hydroxyl groups excluding tert-OH is 1. The number of ether oxygens (including phenoxy) is 1. The van der Waals surface area contributed by atoms with Gasteiger partial charge in [-0.1, -0.05) is 6.58 Å². The predicted molar refractivity (Wildman–Crippen MR) is 42.5 cm³/mol. The lowest BCUT2D eigenvalue weighted by atomic mass is 10.4. The lowest BCUT2D eigenvalue weighted by Gasteiger charge is -2.06. The van der Waals surface area contributed by atoms with E-state index in [9.17, 15) is 4.79 Å².